The van der Waals surface area contributed by atoms with Gasteiger partial charge < -0.3 is 20.2 Å². The molecule has 1 aromatic rings. The molecule has 1 heterocycles. The van der Waals surface area contributed by atoms with Crippen LogP contribution in [0.5, 0.6) is 5.75 Å². The Morgan fingerprint density at radius 2 is 2.11 bits per heavy atom. The molecule has 19 heavy (non-hydrogen) atoms. The molecule has 3 N–H and O–H groups in total. The molecule has 6 heteroatoms. The Hall–Kier alpha value is -2.08. The number of carboxylic acids is 1. The number of aliphatic hydroxyl groups is 1. The molecule has 0 saturated carbocycles. The molecular weight excluding hydrogens is 250 g/mol. The Balaban J connectivity index is 2.09. The van der Waals surface area contributed by atoms with E-state index in [9.17, 15) is 19.8 Å². The van der Waals surface area contributed by atoms with E-state index in [1.54, 1.807) is 12.1 Å². The molecule has 102 valence electrons. The molecule has 1 aromatic carbocycles. The summed E-state index contributed by atoms with van der Waals surface area (Å²) in [6.07, 6.45) is -0.735. The first kappa shape index (κ1) is 13.4. The van der Waals surface area contributed by atoms with Gasteiger partial charge in [0.15, 0.2) is 0 Å². The van der Waals surface area contributed by atoms with Crippen LogP contribution in [0, 0.1) is 0 Å². The number of hydrogen-bond donors (Lipinski definition) is 3. The predicted octanol–water partition coefficient (Wildman–Crippen LogP) is -0.0189. The van der Waals surface area contributed by atoms with Gasteiger partial charge in [0.25, 0.3) is 0 Å². The number of benzene rings is 1. The summed E-state index contributed by atoms with van der Waals surface area (Å²) < 4.78 is 0. The lowest BCUT2D eigenvalue weighted by atomic mass is 10.1. The van der Waals surface area contributed by atoms with Gasteiger partial charge in [0.2, 0.25) is 5.91 Å². The van der Waals surface area contributed by atoms with Crippen molar-refractivity contribution in [2.24, 2.45) is 0 Å². The van der Waals surface area contributed by atoms with Crippen LogP contribution in [0.2, 0.25) is 0 Å². The van der Waals surface area contributed by atoms with Crippen LogP contribution in [0.15, 0.2) is 24.3 Å². The molecule has 0 radical (unpaired) electrons. The summed E-state index contributed by atoms with van der Waals surface area (Å²) in [6.45, 7) is 0.0363. The van der Waals surface area contributed by atoms with Crippen molar-refractivity contribution >= 4 is 11.9 Å². The minimum atomic E-state index is -1.11. The molecule has 0 aromatic heterocycles. The second-order valence-electron chi connectivity index (χ2n) is 4.64. The summed E-state index contributed by atoms with van der Waals surface area (Å²) in [5.74, 6) is -1.42. The van der Waals surface area contributed by atoms with Gasteiger partial charge in [-0.1, -0.05) is 12.1 Å². The molecule has 1 aliphatic heterocycles. The van der Waals surface area contributed by atoms with E-state index in [-0.39, 0.29) is 31.0 Å². The molecule has 0 aliphatic carbocycles. The van der Waals surface area contributed by atoms with Gasteiger partial charge in [-0.3, -0.25) is 4.79 Å². The molecule has 1 fully saturated rings. The Morgan fingerprint density at radius 3 is 2.74 bits per heavy atom. The monoisotopic (exact) mass is 265 g/mol. The highest BCUT2D eigenvalue weighted by Crippen LogP contribution is 2.20. The fraction of sp³-hybridized carbons (Fsp3) is 0.385. The summed E-state index contributed by atoms with van der Waals surface area (Å²) in [6, 6.07) is 5.28. The lowest BCUT2D eigenvalue weighted by Crippen LogP contribution is -2.41. The summed E-state index contributed by atoms with van der Waals surface area (Å²) >= 11 is 0. The van der Waals surface area contributed by atoms with Crippen molar-refractivity contribution in [3.05, 3.63) is 29.8 Å². The van der Waals surface area contributed by atoms with Crippen LogP contribution in [0.1, 0.15) is 12.0 Å². The zero-order valence-corrected chi connectivity index (χ0v) is 10.2. The van der Waals surface area contributed by atoms with Crippen molar-refractivity contribution in [3.63, 3.8) is 0 Å². The van der Waals surface area contributed by atoms with Crippen LogP contribution in [-0.2, 0) is 16.0 Å². The van der Waals surface area contributed by atoms with Crippen LogP contribution in [-0.4, -0.2) is 50.8 Å². The number of likely N-dealkylation sites (tertiary alicyclic amines) is 1. The van der Waals surface area contributed by atoms with Crippen molar-refractivity contribution in [2.45, 2.75) is 25.0 Å². The molecule has 0 bridgehead atoms. The molecular formula is C13H15NO5. The molecule has 1 saturated heterocycles. The number of carbonyl (C=O) groups is 2. The van der Waals surface area contributed by atoms with Crippen molar-refractivity contribution in [2.75, 3.05) is 6.54 Å². The number of amides is 1. The maximum absolute atomic E-state index is 12.1. The average Bonchev–Trinajstić information content (AvgIpc) is 2.71. The first-order valence-corrected chi connectivity index (χ1v) is 5.95. The Morgan fingerprint density at radius 1 is 1.37 bits per heavy atom. The highest BCUT2D eigenvalue weighted by Gasteiger charge is 2.38. The number of carbonyl (C=O) groups excluding carboxylic acids is 1. The van der Waals surface area contributed by atoms with Crippen molar-refractivity contribution < 1.29 is 24.9 Å². The van der Waals surface area contributed by atoms with E-state index in [0.717, 1.165) is 0 Å². The molecule has 0 unspecified atom stereocenters. The summed E-state index contributed by atoms with van der Waals surface area (Å²) in [4.78, 5) is 24.3. The van der Waals surface area contributed by atoms with E-state index in [1.807, 2.05) is 0 Å². The zero-order chi connectivity index (χ0) is 14.0. The van der Waals surface area contributed by atoms with Gasteiger partial charge in [0.05, 0.1) is 12.5 Å². The number of phenols is 1. The van der Waals surface area contributed by atoms with E-state index in [1.165, 1.54) is 17.0 Å². The van der Waals surface area contributed by atoms with Gasteiger partial charge in [-0.15, -0.1) is 0 Å². The maximum atomic E-state index is 12.1. The predicted molar refractivity (Wildman–Crippen MR) is 65.6 cm³/mol. The molecule has 1 aliphatic rings. The van der Waals surface area contributed by atoms with Gasteiger partial charge in [-0.05, 0) is 17.7 Å². The zero-order valence-electron chi connectivity index (χ0n) is 10.2. The number of nitrogens with zero attached hydrogens (tertiary/aromatic N) is 1. The van der Waals surface area contributed by atoms with Gasteiger partial charge >= 0.3 is 5.97 Å². The van der Waals surface area contributed by atoms with Crippen LogP contribution >= 0.6 is 0 Å². The molecule has 2 atom stereocenters. The minimum Gasteiger partial charge on any atom is -0.508 e. The van der Waals surface area contributed by atoms with Gasteiger partial charge in [0, 0.05) is 13.0 Å². The van der Waals surface area contributed by atoms with E-state index in [4.69, 9.17) is 5.11 Å². The van der Waals surface area contributed by atoms with E-state index >= 15 is 0 Å². The van der Waals surface area contributed by atoms with E-state index < -0.39 is 18.1 Å². The van der Waals surface area contributed by atoms with E-state index in [2.05, 4.69) is 0 Å². The van der Waals surface area contributed by atoms with Gasteiger partial charge in [0.1, 0.15) is 11.8 Å². The summed E-state index contributed by atoms with van der Waals surface area (Å²) in [5.41, 5.74) is 0.607. The maximum Gasteiger partial charge on any atom is 0.326 e. The Kier molecular flexibility index (Phi) is 3.71. The van der Waals surface area contributed by atoms with Crippen molar-refractivity contribution in [3.8, 4) is 5.75 Å². The SMILES string of the molecule is O=C(O)[C@H]1C[C@@H](O)CN1C(=O)Cc1cccc(O)c1. The highest BCUT2D eigenvalue weighted by molar-refractivity contribution is 5.85. The largest absolute Gasteiger partial charge is 0.508 e. The van der Waals surface area contributed by atoms with E-state index in [0.29, 0.717) is 5.56 Å². The average molecular weight is 265 g/mol. The first-order chi connectivity index (χ1) is 8.97. The standard InChI is InChI=1S/C13H15NO5/c15-9-3-1-2-8(4-9)5-12(17)14-7-10(16)6-11(14)13(18)19/h1-4,10-11,15-16H,5-7H2,(H,18,19)/t10-,11-/m1/s1. The lowest BCUT2D eigenvalue weighted by molar-refractivity contribution is -0.148. The van der Waals surface area contributed by atoms with Crippen LogP contribution in [0.4, 0.5) is 0 Å². The van der Waals surface area contributed by atoms with Crippen LogP contribution in [0.25, 0.3) is 0 Å². The highest BCUT2D eigenvalue weighted by atomic mass is 16.4. The first-order valence-electron chi connectivity index (χ1n) is 5.95. The fourth-order valence-corrected chi connectivity index (χ4v) is 2.27. The van der Waals surface area contributed by atoms with Crippen molar-refractivity contribution in [1.82, 2.24) is 4.90 Å². The van der Waals surface area contributed by atoms with Crippen LogP contribution in [0.3, 0.4) is 0 Å². The lowest BCUT2D eigenvalue weighted by Gasteiger charge is -2.21. The fourth-order valence-electron chi connectivity index (χ4n) is 2.27. The third kappa shape index (κ3) is 3.03. The Labute approximate surface area is 109 Å². The second-order valence-corrected chi connectivity index (χ2v) is 4.64. The third-order valence-electron chi connectivity index (χ3n) is 3.15. The quantitative estimate of drug-likeness (QED) is 0.713. The molecule has 1 amide bonds. The Bertz CT molecular complexity index is 502. The molecule has 0 spiro atoms. The molecule has 6 nitrogen and oxygen atoms in total. The second kappa shape index (κ2) is 5.27. The van der Waals surface area contributed by atoms with Gasteiger partial charge in [-0.2, -0.15) is 0 Å². The number of carboxylic acid groups (broad SMARTS) is 1. The number of rotatable bonds is 3. The number of aromatic hydroxyl groups is 1. The smallest absolute Gasteiger partial charge is 0.326 e. The minimum absolute atomic E-state index is 0.00486. The third-order valence-corrected chi connectivity index (χ3v) is 3.15. The molecule has 2 rings (SSSR count). The number of β-amino-alcohol motifs (C(OH)–C–C–N with tert-alkyl or cyclic N) is 1. The summed E-state index contributed by atoms with van der Waals surface area (Å²) in [7, 11) is 0. The van der Waals surface area contributed by atoms with Crippen LogP contribution < -0.4 is 0 Å². The summed E-state index contributed by atoms with van der Waals surface area (Å²) in [5, 5.41) is 27.8. The normalized spacial score (nSPS) is 22.5. The van der Waals surface area contributed by atoms with Crippen molar-refractivity contribution in [1.29, 1.82) is 0 Å². The number of aliphatic hydroxyl groups excluding tert-OH is 1. The topological polar surface area (TPSA) is 98.1 Å². The number of hydrogen-bond acceptors (Lipinski definition) is 4. The number of phenolic OH excluding ortho intramolecular Hbond substituents is 1. The number of aliphatic carboxylic acids is 1. The van der Waals surface area contributed by atoms with Gasteiger partial charge in [-0.25, -0.2) is 4.79 Å².